The molecule has 7 heteroatoms. The Bertz CT molecular complexity index is 826. The lowest BCUT2D eigenvalue weighted by Gasteiger charge is -2.17. The third-order valence-corrected chi connectivity index (χ3v) is 4.91. The standard InChI is InChI=1S/C19H20ClN3O3/c1-11(2)17-21-8-15(20)16(22-17)18(24)23-9-13(14(10-23)19(25)26)12-6-4-3-5-7-12/h3-8,11,13-14H,9-10H2,1-2H3,(H,25,26)/t13-,14-/m0/s1. The molecule has 0 unspecified atom stereocenters. The first-order chi connectivity index (χ1) is 12.4. The molecule has 1 aromatic heterocycles. The van der Waals surface area contributed by atoms with Crippen molar-refractivity contribution in [3.63, 3.8) is 0 Å². The van der Waals surface area contributed by atoms with Crippen molar-refractivity contribution in [2.75, 3.05) is 13.1 Å². The maximum atomic E-state index is 12.9. The van der Waals surface area contributed by atoms with Crippen molar-refractivity contribution in [3.05, 3.63) is 58.6 Å². The van der Waals surface area contributed by atoms with Crippen LogP contribution in [0.15, 0.2) is 36.5 Å². The van der Waals surface area contributed by atoms with Gasteiger partial charge in [0.25, 0.3) is 5.91 Å². The highest BCUT2D eigenvalue weighted by Crippen LogP contribution is 2.34. The van der Waals surface area contributed by atoms with Crippen molar-refractivity contribution >= 4 is 23.5 Å². The summed E-state index contributed by atoms with van der Waals surface area (Å²) in [5, 5.41) is 9.77. The zero-order chi connectivity index (χ0) is 18.8. The van der Waals surface area contributed by atoms with Gasteiger partial charge in [-0.2, -0.15) is 0 Å². The number of carbonyl (C=O) groups is 2. The van der Waals surface area contributed by atoms with E-state index in [0.717, 1.165) is 5.56 Å². The number of aliphatic carboxylic acids is 1. The van der Waals surface area contributed by atoms with Crippen LogP contribution in [0.2, 0.25) is 5.02 Å². The van der Waals surface area contributed by atoms with E-state index in [9.17, 15) is 14.7 Å². The van der Waals surface area contributed by atoms with E-state index in [0.29, 0.717) is 12.4 Å². The van der Waals surface area contributed by atoms with Crippen LogP contribution in [0.1, 0.15) is 47.6 Å². The van der Waals surface area contributed by atoms with Gasteiger partial charge in [0.1, 0.15) is 5.82 Å². The molecule has 1 amide bonds. The topological polar surface area (TPSA) is 83.4 Å². The van der Waals surface area contributed by atoms with Gasteiger partial charge in [-0.15, -0.1) is 0 Å². The van der Waals surface area contributed by atoms with E-state index in [1.165, 1.54) is 11.1 Å². The zero-order valence-electron chi connectivity index (χ0n) is 14.6. The van der Waals surface area contributed by atoms with Crippen molar-refractivity contribution in [1.29, 1.82) is 0 Å². The largest absolute Gasteiger partial charge is 0.481 e. The van der Waals surface area contributed by atoms with Crippen molar-refractivity contribution in [3.8, 4) is 0 Å². The second-order valence-corrected chi connectivity index (χ2v) is 7.16. The minimum atomic E-state index is -0.911. The summed E-state index contributed by atoms with van der Waals surface area (Å²) in [5.74, 6) is -1.60. The molecule has 0 radical (unpaired) electrons. The van der Waals surface area contributed by atoms with E-state index < -0.39 is 11.9 Å². The summed E-state index contributed by atoms with van der Waals surface area (Å²) in [6.45, 7) is 4.31. The molecule has 1 N–H and O–H groups in total. The lowest BCUT2D eigenvalue weighted by atomic mass is 9.89. The van der Waals surface area contributed by atoms with Gasteiger partial charge in [-0.3, -0.25) is 9.59 Å². The summed E-state index contributed by atoms with van der Waals surface area (Å²) < 4.78 is 0. The maximum Gasteiger partial charge on any atom is 0.308 e. The lowest BCUT2D eigenvalue weighted by Crippen LogP contribution is -2.31. The Balaban J connectivity index is 1.89. The van der Waals surface area contributed by atoms with Gasteiger partial charge in [-0.05, 0) is 5.56 Å². The normalized spacial score (nSPS) is 19.8. The number of carboxylic acid groups (broad SMARTS) is 1. The molecule has 6 nitrogen and oxygen atoms in total. The zero-order valence-corrected chi connectivity index (χ0v) is 15.3. The molecule has 2 atom stereocenters. The Morgan fingerprint density at radius 3 is 2.54 bits per heavy atom. The molecular weight excluding hydrogens is 354 g/mol. The van der Waals surface area contributed by atoms with Crippen LogP contribution in [0.5, 0.6) is 0 Å². The Kier molecular flexibility index (Phi) is 5.23. The van der Waals surface area contributed by atoms with E-state index >= 15 is 0 Å². The minimum Gasteiger partial charge on any atom is -0.481 e. The average molecular weight is 374 g/mol. The van der Waals surface area contributed by atoms with Gasteiger partial charge in [-0.1, -0.05) is 55.8 Å². The van der Waals surface area contributed by atoms with Crippen LogP contribution in [-0.4, -0.2) is 44.9 Å². The number of rotatable bonds is 4. The molecule has 26 heavy (non-hydrogen) atoms. The molecule has 1 aliphatic rings. The van der Waals surface area contributed by atoms with Crippen LogP contribution in [-0.2, 0) is 4.79 Å². The number of likely N-dealkylation sites (tertiary alicyclic amines) is 1. The minimum absolute atomic E-state index is 0.0567. The number of aromatic nitrogens is 2. The van der Waals surface area contributed by atoms with Gasteiger partial charge in [-0.25, -0.2) is 9.97 Å². The SMILES string of the molecule is CC(C)c1ncc(Cl)c(C(=O)N2C[C@H](C(=O)O)[C@H](c3ccccc3)C2)n1. The number of nitrogens with zero attached hydrogens (tertiary/aromatic N) is 3. The molecule has 2 aromatic rings. The molecule has 1 aromatic carbocycles. The average Bonchev–Trinajstić information content (AvgIpc) is 3.08. The van der Waals surface area contributed by atoms with Crippen LogP contribution in [0.25, 0.3) is 0 Å². The van der Waals surface area contributed by atoms with E-state index in [4.69, 9.17) is 11.6 Å². The monoisotopic (exact) mass is 373 g/mol. The fraction of sp³-hybridized carbons (Fsp3) is 0.368. The Morgan fingerprint density at radius 1 is 1.23 bits per heavy atom. The number of carbonyl (C=O) groups excluding carboxylic acids is 1. The molecule has 1 aliphatic heterocycles. The van der Waals surface area contributed by atoms with E-state index in [1.807, 2.05) is 44.2 Å². The smallest absolute Gasteiger partial charge is 0.308 e. The van der Waals surface area contributed by atoms with Gasteiger partial charge in [0.2, 0.25) is 0 Å². The molecule has 2 heterocycles. The summed E-state index contributed by atoms with van der Waals surface area (Å²) in [6.07, 6.45) is 1.43. The van der Waals surface area contributed by atoms with E-state index in [-0.39, 0.29) is 35.0 Å². The number of amides is 1. The summed E-state index contributed by atoms with van der Waals surface area (Å²) in [6, 6.07) is 9.40. The third kappa shape index (κ3) is 3.55. The highest BCUT2D eigenvalue weighted by atomic mass is 35.5. The number of halogens is 1. The fourth-order valence-electron chi connectivity index (χ4n) is 3.22. The summed E-state index contributed by atoms with van der Waals surface area (Å²) in [4.78, 5) is 34.6. The van der Waals surface area contributed by atoms with Gasteiger partial charge in [0.15, 0.2) is 5.69 Å². The van der Waals surface area contributed by atoms with Gasteiger partial charge in [0, 0.05) is 24.9 Å². The molecule has 1 fully saturated rings. The molecule has 136 valence electrons. The lowest BCUT2D eigenvalue weighted by molar-refractivity contribution is -0.141. The van der Waals surface area contributed by atoms with Crippen LogP contribution in [0.4, 0.5) is 0 Å². The van der Waals surface area contributed by atoms with Gasteiger partial charge < -0.3 is 10.0 Å². The van der Waals surface area contributed by atoms with Gasteiger partial charge in [0.05, 0.1) is 17.1 Å². The highest BCUT2D eigenvalue weighted by molar-refractivity contribution is 6.33. The highest BCUT2D eigenvalue weighted by Gasteiger charge is 2.41. The summed E-state index contributed by atoms with van der Waals surface area (Å²) in [5.41, 5.74) is 1.04. The first-order valence-corrected chi connectivity index (χ1v) is 8.85. The van der Waals surface area contributed by atoms with Crippen LogP contribution < -0.4 is 0 Å². The summed E-state index contributed by atoms with van der Waals surface area (Å²) in [7, 11) is 0. The second-order valence-electron chi connectivity index (χ2n) is 6.75. The first-order valence-electron chi connectivity index (χ1n) is 8.48. The number of hydrogen-bond donors (Lipinski definition) is 1. The molecule has 3 rings (SSSR count). The van der Waals surface area contributed by atoms with Crippen molar-refractivity contribution in [1.82, 2.24) is 14.9 Å². The Morgan fingerprint density at radius 2 is 1.92 bits per heavy atom. The maximum absolute atomic E-state index is 12.9. The van der Waals surface area contributed by atoms with Crippen LogP contribution in [0, 0.1) is 5.92 Å². The Hall–Kier alpha value is -2.47. The molecule has 0 saturated carbocycles. The number of carboxylic acids is 1. The van der Waals surface area contributed by atoms with Crippen LogP contribution in [0.3, 0.4) is 0 Å². The van der Waals surface area contributed by atoms with Crippen molar-refractivity contribution < 1.29 is 14.7 Å². The summed E-state index contributed by atoms with van der Waals surface area (Å²) >= 11 is 6.14. The number of benzene rings is 1. The Labute approximate surface area is 156 Å². The van der Waals surface area contributed by atoms with Crippen LogP contribution >= 0.6 is 11.6 Å². The molecule has 1 saturated heterocycles. The predicted octanol–water partition coefficient (Wildman–Crippen LogP) is 3.19. The molecule has 0 spiro atoms. The van der Waals surface area contributed by atoms with Crippen molar-refractivity contribution in [2.24, 2.45) is 5.92 Å². The van der Waals surface area contributed by atoms with E-state index in [2.05, 4.69) is 9.97 Å². The second kappa shape index (κ2) is 7.41. The fourth-order valence-corrected chi connectivity index (χ4v) is 3.39. The van der Waals surface area contributed by atoms with E-state index in [1.54, 1.807) is 0 Å². The molecule has 0 aliphatic carbocycles. The number of hydrogen-bond acceptors (Lipinski definition) is 4. The predicted molar refractivity (Wildman–Crippen MR) is 97.3 cm³/mol. The third-order valence-electron chi connectivity index (χ3n) is 4.63. The molecule has 0 bridgehead atoms. The quantitative estimate of drug-likeness (QED) is 0.889. The van der Waals surface area contributed by atoms with Gasteiger partial charge >= 0.3 is 5.97 Å². The van der Waals surface area contributed by atoms with Crippen molar-refractivity contribution in [2.45, 2.75) is 25.7 Å². The first kappa shape index (κ1) is 18.3. The molecular formula is C19H20ClN3O3.